The fourth-order valence-electron chi connectivity index (χ4n) is 2.22. The Balaban J connectivity index is 2.07. The highest BCUT2D eigenvalue weighted by atomic mass is 16.2. The molecule has 100 valence electrons. The molecular formula is C13H27N3O. The summed E-state index contributed by atoms with van der Waals surface area (Å²) in [7, 11) is 2.03. The molecule has 1 rings (SSSR count). The molecule has 0 aromatic rings. The van der Waals surface area contributed by atoms with Gasteiger partial charge in [-0.15, -0.1) is 0 Å². The maximum atomic E-state index is 11.5. The van der Waals surface area contributed by atoms with Crippen molar-refractivity contribution in [3.63, 3.8) is 0 Å². The minimum absolute atomic E-state index is 0.152. The zero-order chi connectivity index (χ0) is 12.5. The number of piperidine rings is 1. The van der Waals surface area contributed by atoms with Gasteiger partial charge < -0.3 is 10.6 Å². The monoisotopic (exact) mass is 241 g/mol. The van der Waals surface area contributed by atoms with Crippen LogP contribution in [0.2, 0.25) is 0 Å². The summed E-state index contributed by atoms with van der Waals surface area (Å²) in [4.78, 5) is 13.6. The average molecular weight is 241 g/mol. The van der Waals surface area contributed by atoms with Crippen molar-refractivity contribution >= 4 is 5.91 Å². The fourth-order valence-corrected chi connectivity index (χ4v) is 2.22. The molecule has 4 heteroatoms. The van der Waals surface area contributed by atoms with Crippen molar-refractivity contribution in [2.24, 2.45) is 5.92 Å². The standard InChI is InChI=1S/C13H27N3O/c1-3-7-15-13(17)11-16(2)10-6-12-4-8-14-9-5-12/h12,14H,3-11H2,1-2H3,(H,15,17). The highest BCUT2D eigenvalue weighted by Gasteiger charge is 2.14. The van der Waals surface area contributed by atoms with Crippen molar-refractivity contribution in [1.82, 2.24) is 15.5 Å². The Kier molecular flexibility index (Phi) is 7.21. The SMILES string of the molecule is CCCNC(=O)CN(C)CCC1CCNCC1. The largest absolute Gasteiger partial charge is 0.355 e. The van der Waals surface area contributed by atoms with Gasteiger partial charge in [0.15, 0.2) is 0 Å². The lowest BCUT2D eigenvalue weighted by Gasteiger charge is -2.25. The second-order valence-electron chi connectivity index (χ2n) is 5.07. The molecule has 1 fully saturated rings. The maximum Gasteiger partial charge on any atom is 0.234 e. The Morgan fingerprint density at radius 2 is 2.12 bits per heavy atom. The molecule has 0 bridgehead atoms. The van der Waals surface area contributed by atoms with Gasteiger partial charge in [0, 0.05) is 6.54 Å². The summed E-state index contributed by atoms with van der Waals surface area (Å²) in [5, 5.41) is 6.29. The summed E-state index contributed by atoms with van der Waals surface area (Å²) >= 11 is 0. The smallest absolute Gasteiger partial charge is 0.234 e. The van der Waals surface area contributed by atoms with E-state index >= 15 is 0 Å². The number of nitrogens with one attached hydrogen (secondary N) is 2. The molecule has 0 spiro atoms. The zero-order valence-electron chi connectivity index (χ0n) is 11.3. The van der Waals surface area contributed by atoms with E-state index in [0.29, 0.717) is 6.54 Å². The summed E-state index contributed by atoms with van der Waals surface area (Å²) in [5.74, 6) is 0.997. The first-order chi connectivity index (χ1) is 8.22. The van der Waals surface area contributed by atoms with Gasteiger partial charge >= 0.3 is 0 Å². The van der Waals surface area contributed by atoms with E-state index in [1.165, 1.54) is 19.3 Å². The topological polar surface area (TPSA) is 44.4 Å². The summed E-state index contributed by atoms with van der Waals surface area (Å²) in [6.07, 6.45) is 4.80. The number of nitrogens with zero attached hydrogens (tertiary/aromatic N) is 1. The van der Waals surface area contributed by atoms with Crippen LogP contribution in [0, 0.1) is 5.92 Å². The predicted octanol–water partition coefficient (Wildman–Crippen LogP) is 0.834. The third kappa shape index (κ3) is 6.64. The van der Waals surface area contributed by atoms with E-state index < -0.39 is 0 Å². The summed E-state index contributed by atoms with van der Waals surface area (Å²) in [6.45, 7) is 6.74. The second-order valence-corrected chi connectivity index (χ2v) is 5.07. The molecule has 17 heavy (non-hydrogen) atoms. The van der Waals surface area contributed by atoms with E-state index in [0.717, 1.165) is 38.5 Å². The maximum absolute atomic E-state index is 11.5. The number of carbonyl (C=O) groups excluding carboxylic acids is 1. The van der Waals surface area contributed by atoms with Crippen LogP contribution < -0.4 is 10.6 Å². The Labute approximate surface area is 105 Å². The van der Waals surface area contributed by atoms with Crippen LogP contribution in [0.3, 0.4) is 0 Å². The number of amides is 1. The molecule has 0 unspecified atom stereocenters. The van der Waals surface area contributed by atoms with Crippen LogP contribution in [0.1, 0.15) is 32.6 Å². The van der Waals surface area contributed by atoms with Crippen LogP contribution in [-0.4, -0.2) is 50.6 Å². The fraction of sp³-hybridized carbons (Fsp3) is 0.923. The molecule has 0 aliphatic carbocycles. The van der Waals surface area contributed by atoms with Crippen LogP contribution in [0.25, 0.3) is 0 Å². The minimum Gasteiger partial charge on any atom is -0.355 e. The van der Waals surface area contributed by atoms with E-state index in [1.54, 1.807) is 0 Å². The molecular weight excluding hydrogens is 214 g/mol. The first-order valence-corrected chi connectivity index (χ1v) is 6.88. The van der Waals surface area contributed by atoms with E-state index in [4.69, 9.17) is 0 Å². The Morgan fingerprint density at radius 1 is 1.41 bits per heavy atom. The lowest BCUT2D eigenvalue weighted by Crippen LogP contribution is -2.37. The third-order valence-corrected chi connectivity index (χ3v) is 3.36. The lowest BCUT2D eigenvalue weighted by atomic mass is 9.94. The molecule has 2 N–H and O–H groups in total. The number of carbonyl (C=O) groups is 1. The van der Waals surface area contributed by atoms with Gasteiger partial charge in [-0.25, -0.2) is 0 Å². The van der Waals surface area contributed by atoms with Gasteiger partial charge in [0.2, 0.25) is 5.91 Å². The van der Waals surface area contributed by atoms with E-state index in [1.807, 2.05) is 7.05 Å². The van der Waals surface area contributed by atoms with Crippen molar-refractivity contribution in [1.29, 1.82) is 0 Å². The van der Waals surface area contributed by atoms with Crippen molar-refractivity contribution in [2.45, 2.75) is 32.6 Å². The lowest BCUT2D eigenvalue weighted by molar-refractivity contribution is -0.121. The normalized spacial score (nSPS) is 17.4. The summed E-state index contributed by atoms with van der Waals surface area (Å²) in [5.41, 5.74) is 0. The van der Waals surface area contributed by atoms with Gasteiger partial charge in [-0.05, 0) is 58.3 Å². The highest BCUT2D eigenvalue weighted by Crippen LogP contribution is 2.15. The van der Waals surface area contributed by atoms with Crippen molar-refractivity contribution in [2.75, 3.05) is 39.8 Å². The number of hydrogen-bond donors (Lipinski definition) is 2. The Hall–Kier alpha value is -0.610. The number of rotatable bonds is 7. The van der Waals surface area contributed by atoms with E-state index in [9.17, 15) is 4.79 Å². The van der Waals surface area contributed by atoms with Crippen molar-refractivity contribution < 1.29 is 4.79 Å². The quantitative estimate of drug-likeness (QED) is 0.694. The van der Waals surface area contributed by atoms with Gasteiger partial charge in [-0.3, -0.25) is 9.69 Å². The third-order valence-electron chi connectivity index (χ3n) is 3.36. The first kappa shape index (κ1) is 14.5. The molecule has 1 heterocycles. The van der Waals surface area contributed by atoms with Gasteiger partial charge in [-0.1, -0.05) is 6.92 Å². The van der Waals surface area contributed by atoms with Gasteiger partial charge in [0.05, 0.1) is 6.54 Å². The zero-order valence-corrected chi connectivity index (χ0v) is 11.3. The molecule has 0 radical (unpaired) electrons. The Morgan fingerprint density at radius 3 is 2.76 bits per heavy atom. The highest BCUT2D eigenvalue weighted by molar-refractivity contribution is 5.77. The number of likely N-dealkylation sites (N-methyl/N-ethyl adjacent to an activating group) is 1. The second kappa shape index (κ2) is 8.48. The summed E-state index contributed by atoms with van der Waals surface area (Å²) < 4.78 is 0. The molecule has 4 nitrogen and oxygen atoms in total. The van der Waals surface area contributed by atoms with Crippen LogP contribution in [0.4, 0.5) is 0 Å². The van der Waals surface area contributed by atoms with Crippen LogP contribution >= 0.6 is 0 Å². The molecule has 0 saturated carbocycles. The van der Waals surface area contributed by atoms with Gasteiger partial charge in [0.25, 0.3) is 0 Å². The van der Waals surface area contributed by atoms with Crippen molar-refractivity contribution in [3.05, 3.63) is 0 Å². The number of hydrogen-bond acceptors (Lipinski definition) is 3. The van der Waals surface area contributed by atoms with Gasteiger partial charge in [-0.2, -0.15) is 0 Å². The predicted molar refractivity (Wildman–Crippen MR) is 71.0 cm³/mol. The molecule has 1 saturated heterocycles. The van der Waals surface area contributed by atoms with Crippen LogP contribution in [0.15, 0.2) is 0 Å². The average Bonchev–Trinajstić information content (AvgIpc) is 2.35. The molecule has 1 aliphatic heterocycles. The molecule has 0 aromatic carbocycles. The van der Waals surface area contributed by atoms with Crippen LogP contribution in [0.5, 0.6) is 0 Å². The molecule has 0 atom stereocenters. The molecule has 1 aliphatic rings. The first-order valence-electron chi connectivity index (χ1n) is 6.88. The summed E-state index contributed by atoms with van der Waals surface area (Å²) in [6, 6.07) is 0. The molecule has 0 aromatic heterocycles. The van der Waals surface area contributed by atoms with Crippen LogP contribution in [-0.2, 0) is 4.79 Å². The van der Waals surface area contributed by atoms with Gasteiger partial charge in [0.1, 0.15) is 0 Å². The Bertz CT molecular complexity index is 215. The van der Waals surface area contributed by atoms with Crippen molar-refractivity contribution in [3.8, 4) is 0 Å². The minimum atomic E-state index is 0.152. The van der Waals surface area contributed by atoms with E-state index in [2.05, 4.69) is 22.5 Å². The molecule has 1 amide bonds. The van der Waals surface area contributed by atoms with E-state index in [-0.39, 0.29) is 5.91 Å².